The SMILES string of the molecule is COC(=O)[C@@H]1Cc2c([nH]c3ccccc23)[C@H]2C[C@@H](NCc3cccnc3)C[C@@H](c3ccc(F)c(F)c3)N21. The summed E-state index contributed by atoms with van der Waals surface area (Å²) < 4.78 is 33.5. The Morgan fingerprint density at radius 2 is 1.95 bits per heavy atom. The third kappa shape index (κ3) is 4.30. The summed E-state index contributed by atoms with van der Waals surface area (Å²) in [7, 11) is 1.40. The van der Waals surface area contributed by atoms with E-state index in [-0.39, 0.29) is 24.1 Å². The molecule has 6 nitrogen and oxygen atoms in total. The summed E-state index contributed by atoms with van der Waals surface area (Å²) in [5.74, 6) is -2.10. The van der Waals surface area contributed by atoms with Gasteiger partial charge in [0, 0.05) is 54.0 Å². The zero-order chi connectivity index (χ0) is 25.5. The maximum atomic E-state index is 14.4. The number of hydrogen-bond acceptors (Lipinski definition) is 5. The molecule has 0 spiro atoms. The van der Waals surface area contributed by atoms with E-state index in [9.17, 15) is 13.6 Å². The number of aromatic nitrogens is 2. The van der Waals surface area contributed by atoms with Crippen molar-refractivity contribution in [1.82, 2.24) is 20.2 Å². The third-order valence-electron chi connectivity index (χ3n) is 7.79. The van der Waals surface area contributed by atoms with Crippen LogP contribution in [0.5, 0.6) is 0 Å². The Balaban J connectivity index is 1.44. The highest BCUT2D eigenvalue weighted by atomic mass is 19.2. The van der Waals surface area contributed by atoms with Crippen LogP contribution in [-0.2, 0) is 22.5 Å². The van der Waals surface area contributed by atoms with Gasteiger partial charge in [-0.05, 0) is 53.8 Å². The number of pyridine rings is 1. The predicted octanol–water partition coefficient (Wildman–Crippen LogP) is 4.98. The molecule has 2 aromatic carbocycles. The fraction of sp³-hybridized carbons (Fsp3) is 0.310. The van der Waals surface area contributed by atoms with Gasteiger partial charge < -0.3 is 15.0 Å². The first kappa shape index (κ1) is 23.8. The third-order valence-corrected chi connectivity index (χ3v) is 7.79. The summed E-state index contributed by atoms with van der Waals surface area (Å²) in [6.07, 6.45) is 5.43. The predicted molar refractivity (Wildman–Crippen MR) is 136 cm³/mol. The summed E-state index contributed by atoms with van der Waals surface area (Å²) in [6.45, 7) is 0.635. The molecule has 6 rings (SSSR count). The number of esters is 1. The minimum atomic E-state index is -0.891. The van der Waals surface area contributed by atoms with Crippen LogP contribution in [0, 0.1) is 11.6 Å². The van der Waals surface area contributed by atoms with E-state index in [1.807, 2.05) is 36.5 Å². The molecule has 1 saturated heterocycles. The van der Waals surface area contributed by atoms with Crippen molar-refractivity contribution in [3.63, 3.8) is 0 Å². The Hall–Kier alpha value is -3.62. The van der Waals surface area contributed by atoms with Crippen LogP contribution in [0.4, 0.5) is 8.78 Å². The Bertz CT molecular complexity index is 1440. The van der Waals surface area contributed by atoms with Gasteiger partial charge in [-0.25, -0.2) is 8.78 Å². The molecule has 0 amide bonds. The maximum Gasteiger partial charge on any atom is 0.323 e. The van der Waals surface area contributed by atoms with Crippen molar-refractivity contribution in [2.75, 3.05) is 7.11 Å². The van der Waals surface area contributed by atoms with Crippen LogP contribution in [0.2, 0.25) is 0 Å². The van der Waals surface area contributed by atoms with Crippen molar-refractivity contribution >= 4 is 16.9 Å². The summed E-state index contributed by atoms with van der Waals surface area (Å²) in [5.41, 5.74) is 4.92. The number of ether oxygens (including phenoxy) is 1. The highest BCUT2D eigenvalue weighted by Gasteiger charge is 2.48. The van der Waals surface area contributed by atoms with Crippen LogP contribution >= 0.6 is 0 Å². The van der Waals surface area contributed by atoms with E-state index in [0.717, 1.165) is 40.2 Å². The number of H-pyrrole nitrogens is 1. The lowest BCUT2D eigenvalue weighted by Gasteiger charge is -2.50. The standard InChI is InChI=1S/C29H28F2N4O2/c1-37-29(36)27-14-21-20-6-2-3-7-24(20)34-28(21)26-13-19(33-16-17-5-4-10-32-15-17)12-25(35(26)27)18-8-9-22(30)23(31)11-18/h2-11,15,19,25-27,33-34H,12-14,16H2,1H3/t19-,25-,26+,27-/m0/s1. The van der Waals surface area contributed by atoms with Crippen molar-refractivity contribution in [2.45, 2.75) is 50.0 Å². The highest BCUT2D eigenvalue weighted by molar-refractivity contribution is 5.87. The number of carbonyl (C=O) groups is 1. The average molecular weight is 503 g/mol. The highest BCUT2D eigenvalue weighted by Crippen LogP contribution is 2.49. The van der Waals surface area contributed by atoms with Gasteiger partial charge in [0.2, 0.25) is 0 Å². The fourth-order valence-corrected chi connectivity index (χ4v) is 6.12. The number of methoxy groups -OCH3 is 1. The molecule has 0 radical (unpaired) electrons. The second-order valence-corrected chi connectivity index (χ2v) is 9.87. The number of piperidine rings is 1. The minimum absolute atomic E-state index is 0.0650. The zero-order valence-corrected chi connectivity index (χ0v) is 20.5. The summed E-state index contributed by atoms with van der Waals surface area (Å²) >= 11 is 0. The van der Waals surface area contributed by atoms with E-state index in [1.165, 1.54) is 13.2 Å². The first-order chi connectivity index (χ1) is 18.0. The molecular weight excluding hydrogens is 474 g/mol. The molecule has 0 saturated carbocycles. The van der Waals surface area contributed by atoms with Crippen LogP contribution in [0.3, 0.4) is 0 Å². The number of halogens is 2. The molecule has 4 aromatic rings. The number of fused-ring (bicyclic) bond motifs is 5. The second-order valence-electron chi connectivity index (χ2n) is 9.87. The van der Waals surface area contributed by atoms with Crippen molar-refractivity contribution in [1.29, 1.82) is 0 Å². The molecule has 2 aromatic heterocycles. The van der Waals surface area contributed by atoms with Crippen LogP contribution < -0.4 is 5.32 Å². The van der Waals surface area contributed by atoms with Crippen LogP contribution in [0.25, 0.3) is 10.9 Å². The Kier molecular flexibility index (Phi) is 6.22. The normalized spacial score (nSPS) is 23.4. The number of benzene rings is 2. The molecular formula is C29H28F2N4O2. The zero-order valence-electron chi connectivity index (χ0n) is 20.5. The molecule has 1 fully saturated rings. The van der Waals surface area contributed by atoms with Gasteiger partial charge in [0.25, 0.3) is 0 Å². The molecule has 0 aliphatic carbocycles. The van der Waals surface area contributed by atoms with E-state index in [1.54, 1.807) is 12.3 Å². The van der Waals surface area contributed by atoms with Crippen LogP contribution in [0.15, 0.2) is 67.0 Å². The molecule has 8 heteroatoms. The van der Waals surface area contributed by atoms with E-state index >= 15 is 0 Å². The monoisotopic (exact) mass is 502 g/mol. The van der Waals surface area contributed by atoms with Gasteiger partial charge in [0.15, 0.2) is 11.6 Å². The molecule has 0 unspecified atom stereocenters. The lowest BCUT2D eigenvalue weighted by molar-refractivity contribution is -0.152. The summed E-state index contributed by atoms with van der Waals surface area (Å²) in [5, 5.41) is 4.75. The van der Waals surface area contributed by atoms with Gasteiger partial charge in [-0.15, -0.1) is 0 Å². The fourth-order valence-electron chi connectivity index (χ4n) is 6.12. The lowest BCUT2D eigenvalue weighted by Crippen LogP contribution is -2.55. The van der Waals surface area contributed by atoms with Gasteiger partial charge in [-0.3, -0.25) is 14.7 Å². The number of rotatable bonds is 5. The molecule has 2 N–H and O–H groups in total. The van der Waals surface area contributed by atoms with Crippen molar-refractivity contribution in [3.05, 3.63) is 101 Å². The van der Waals surface area contributed by atoms with E-state index < -0.39 is 17.7 Å². The van der Waals surface area contributed by atoms with Crippen LogP contribution in [-0.4, -0.2) is 40.0 Å². The van der Waals surface area contributed by atoms with E-state index in [0.29, 0.717) is 24.9 Å². The van der Waals surface area contributed by atoms with Gasteiger partial charge in [0.1, 0.15) is 6.04 Å². The second kappa shape index (κ2) is 9.68. The molecule has 37 heavy (non-hydrogen) atoms. The molecule has 190 valence electrons. The summed E-state index contributed by atoms with van der Waals surface area (Å²) in [4.78, 5) is 23.1. The largest absolute Gasteiger partial charge is 0.468 e. The quantitative estimate of drug-likeness (QED) is 0.377. The molecule has 0 bridgehead atoms. The van der Waals surface area contributed by atoms with E-state index in [4.69, 9.17) is 4.74 Å². The van der Waals surface area contributed by atoms with Crippen molar-refractivity contribution in [3.8, 4) is 0 Å². The van der Waals surface area contributed by atoms with Gasteiger partial charge in [-0.1, -0.05) is 30.3 Å². The summed E-state index contributed by atoms with van der Waals surface area (Å²) in [6, 6.07) is 15.1. The first-order valence-electron chi connectivity index (χ1n) is 12.6. The van der Waals surface area contributed by atoms with Gasteiger partial charge in [0.05, 0.1) is 13.2 Å². The smallest absolute Gasteiger partial charge is 0.323 e. The number of para-hydroxylation sites is 1. The van der Waals surface area contributed by atoms with Crippen molar-refractivity contribution in [2.24, 2.45) is 0 Å². The average Bonchev–Trinajstić information content (AvgIpc) is 3.31. The molecule has 4 heterocycles. The van der Waals surface area contributed by atoms with Gasteiger partial charge >= 0.3 is 5.97 Å². The van der Waals surface area contributed by atoms with E-state index in [2.05, 4.69) is 26.3 Å². The Morgan fingerprint density at radius 3 is 2.73 bits per heavy atom. The van der Waals surface area contributed by atoms with Crippen molar-refractivity contribution < 1.29 is 18.3 Å². The maximum absolute atomic E-state index is 14.4. The molecule has 2 aliphatic rings. The minimum Gasteiger partial charge on any atom is -0.468 e. The topological polar surface area (TPSA) is 70.2 Å². The van der Waals surface area contributed by atoms with Crippen LogP contribution in [0.1, 0.15) is 47.3 Å². The number of nitrogens with zero attached hydrogens (tertiary/aromatic N) is 2. The molecule has 4 atom stereocenters. The number of carbonyl (C=O) groups excluding carboxylic acids is 1. The Labute approximate surface area is 213 Å². The lowest BCUT2D eigenvalue weighted by atomic mass is 9.79. The van der Waals surface area contributed by atoms with Gasteiger partial charge in [-0.2, -0.15) is 0 Å². The molecule has 2 aliphatic heterocycles. The number of hydrogen-bond donors (Lipinski definition) is 2. The first-order valence-corrected chi connectivity index (χ1v) is 12.6. The number of nitrogens with one attached hydrogen (secondary N) is 2. The number of aromatic amines is 1. The Morgan fingerprint density at radius 1 is 1.11 bits per heavy atom.